The van der Waals surface area contributed by atoms with Crippen LogP contribution in [-0.4, -0.2) is 21.6 Å². The summed E-state index contributed by atoms with van der Waals surface area (Å²) in [7, 11) is 0. The molecule has 0 aliphatic rings. The molecule has 0 unspecified atom stereocenters. The van der Waals surface area contributed by atoms with E-state index in [9.17, 15) is 9.59 Å². The van der Waals surface area contributed by atoms with Crippen molar-refractivity contribution in [1.82, 2.24) is 9.97 Å². The van der Waals surface area contributed by atoms with Crippen LogP contribution < -0.4 is 10.9 Å². The number of thioether (sulfide) groups is 1. The molecule has 0 saturated heterocycles. The van der Waals surface area contributed by atoms with Crippen LogP contribution in [0.4, 0.5) is 5.69 Å². The van der Waals surface area contributed by atoms with Gasteiger partial charge in [0.2, 0.25) is 5.91 Å². The number of carbonyl (C=O) groups is 1. The van der Waals surface area contributed by atoms with E-state index in [2.05, 4.69) is 15.3 Å². The van der Waals surface area contributed by atoms with Crippen molar-refractivity contribution < 1.29 is 4.79 Å². The normalized spacial score (nSPS) is 10.8. The molecule has 0 aliphatic heterocycles. The average molecular weight is 415 g/mol. The van der Waals surface area contributed by atoms with Crippen LogP contribution in [0.1, 0.15) is 0 Å². The van der Waals surface area contributed by atoms with E-state index in [4.69, 9.17) is 34.8 Å². The number of carbonyl (C=O) groups excluding carboxylic acids is 1. The van der Waals surface area contributed by atoms with Gasteiger partial charge in [0.15, 0.2) is 5.16 Å². The number of anilines is 1. The molecule has 1 aromatic heterocycles. The van der Waals surface area contributed by atoms with Gasteiger partial charge in [0.1, 0.15) is 0 Å². The molecule has 5 nitrogen and oxygen atoms in total. The zero-order chi connectivity index (χ0) is 18.0. The van der Waals surface area contributed by atoms with E-state index in [1.54, 1.807) is 24.3 Å². The van der Waals surface area contributed by atoms with Crippen molar-refractivity contribution in [2.45, 2.75) is 5.16 Å². The highest BCUT2D eigenvalue weighted by Gasteiger charge is 2.12. The molecular formula is C16H10Cl3N3O2S. The molecule has 3 aromatic rings. The number of amides is 1. The summed E-state index contributed by atoms with van der Waals surface area (Å²) in [5, 5.41) is 4.34. The molecule has 2 aromatic carbocycles. The number of H-pyrrole nitrogens is 1. The second-order valence-corrected chi connectivity index (χ2v) is 7.18. The number of nitrogens with zero attached hydrogens (tertiary/aromatic N) is 1. The number of aromatic amines is 1. The van der Waals surface area contributed by atoms with Crippen molar-refractivity contribution in [3.8, 4) is 0 Å². The van der Waals surface area contributed by atoms with Gasteiger partial charge in [-0.2, -0.15) is 0 Å². The Hall–Kier alpha value is -1.73. The quantitative estimate of drug-likeness (QED) is 0.483. The molecule has 128 valence electrons. The Labute approximate surface area is 161 Å². The van der Waals surface area contributed by atoms with Gasteiger partial charge in [-0.25, -0.2) is 4.98 Å². The lowest BCUT2D eigenvalue weighted by Crippen LogP contribution is -2.16. The molecule has 0 fully saturated rings. The van der Waals surface area contributed by atoms with Crippen molar-refractivity contribution in [2.24, 2.45) is 0 Å². The van der Waals surface area contributed by atoms with Crippen LogP contribution in [0.2, 0.25) is 15.1 Å². The van der Waals surface area contributed by atoms with Crippen LogP contribution in [0.5, 0.6) is 0 Å². The summed E-state index contributed by atoms with van der Waals surface area (Å²) < 4.78 is 0. The highest BCUT2D eigenvalue weighted by Crippen LogP contribution is 2.33. The van der Waals surface area contributed by atoms with E-state index in [1.807, 2.05) is 0 Å². The highest BCUT2D eigenvalue weighted by molar-refractivity contribution is 7.99. The largest absolute Gasteiger partial charge is 0.323 e. The monoisotopic (exact) mass is 413 g/mol. The van der Waals surface area contributed by atoms with E-state index in [-0.39, 0.29) is 27.3 Å². The number of halogens is 3. The number of para-hydroxylation sites is 1. The Morgan fingerprint density at radius 3 is 2.56 bits per heavy atom. The predicted octanol–water partition coefficient (Wildman–Crippen LogP) is 4.61. The number of rotatable bonds is 4. The van der Waals surface area contributed by atoms with E-state index in [1.165, 1.54) is 12.1 Å². The maximum absolute atomic E-state index is 12.1. The van der Waals surface area contributed by atoms with Gasteiger partial charge < -0.3 is 10.3 Å². The SMILES string of the molecule is O=C(CSc1nc2ccccc2c(=O)[nH]1)Nc1c(Cl)cc(Cl)cc1Cl. The smallest absolute Gasteiger partial charge is 0.259 e. The minimum absolute atomic E-state index is 0.0244. The molecule has 9 heteroatoms. The van der Waals surface area contributed by atoms with Crippen molar-refractivity contribution in [3.63, 3.8) is 0 Å². The second-order valence-electron chi connectivity index (χ2n) is 4.97. The van der Waals surface area contributed by atoms with E-state index >= 15 is 0 Å². The van der Waals surface area contributed by atoms with Gasteiger partial charge in [0.25, 0.3) is 5.56 Å². The molecule has 0 saturated carbocycles. The number of nitrogens with one attached hydrogen (secondary N) is 2. The Balaban J connectivity index is 1.72. The fourth-order valence-corrected chi connectivity index (χ4v) is 3.68. The summed E-state index contributed by atoms with van der Waals surface area (Å²) in [5.74, 6) is -0.316. The minimum atomic E-state index is -0.341. The van der Waals surface area contributed by atoms with Crippen molar-refractivity contribution >= 4 is 69.1 Å². The van der Waals surface area contributed by atoms with Crippen LogP contribution >= 0.6 is 46.6 Å². The van der Waals surface area contributed by atoms with Gasteiger partial charge in [-0.15, -0.1) is 0 Å². The van der Waals surface area contributed by atoms with Gasteiger partial charge in [0.05, 0.1) is 32.4 Å². The fraction of sp³-hybridized carbons (Fsp3) is 0.0625. The summed E-state index contributed by atoms with van der Waals surface area (Å²) >= 11 is 19.0. The summed E-state index contributed by atoms with van der Waals surface area (Å²) in [6, 6.07) is 9.95. The molecule has 0 aliphatic carbocycles. The molecule has 0 spiro atoms. The number of benzene rings is 2. The predicted molar refractivity (Wildman–Crippen MR) is 103 cm³/mol. The standard InChI is InChI=1S/C16H10Cl3N3O2S/c17-8-5-10(18)14(11(19)6-8)21-13(23)7-25-16-20-12-4-2-1-3-9(12)15(24)22-16/h1-6H,7H2,(H,21,23)(H,20,22,24). The lowest BCUT2D eigenvalue weighted by molar-refractivity contribution is -0.113. The van der Waals surface area contributed by atoms with Gasteiger partial charge >= 0.3 is 0 Å². The third-order valence-corrected chi connectivity index (χ3v) is 4.89. The van der Waals surface area contributed by atoms with Gasteiger partial charge in [0, 0.05) is 5.02 Å². The van der Waals surface area contributed by atoms with Crippen LogP contribution in [0.15, 0.2) is 46.3 Å². The first-order valence-electron chi connectivity index (χ1n) is 7.00. The van der Waals surface area contributed by atoms with Gasteiger partial charge in [-0.3, -0.25) is 9.59 Å². The molecule has 0 bridgehead atoms. The molecule has 3 rings (SSSR count). The maximum Gasteiger partial charge on any atom is 0.259 e. The first-order valence-corrected chi connectivity index (χ1v) is 9.12. The third-order valence-electron chi connectivity index (χ3n) is 3.20. The van der Waals surface area contributed by atoms with Crippen LogP contribution in [0, 0.1) is 0 Å². The summed E-state index contributed by atoms with van der Waals surface area (Å²) in [6.45, 7) is 0. The molecule has 0 atom stereocenters. The first-order chi connectivity index (χ1) is 11.9. The number of fused-ring (bicyclic) bond motifs is 1. The average Bonchev–Trinajstić information content (AvgIpc) is 2.56. The molecule has 0 radical (unpaired) electrons. The van der Waals surface area contributed by atoms with Crippen molar-refractivity contribution in [2.75, 3.05) is 11.1 Å². The maximum atomic E-state index is 12.1. The Morgan fingerprint density at radius 1 is 1.16 bits per heavy atom. The topological polar surface area (TPSA) is 74.8 Å². The molecule has 1 heterocycles. The van der Waals surface area contributed by atoms with Gasteiger partial charge in [-0.1, -0.05) is 58.7 Å². The molecule has 1 amide bonds. The van der Waals surface area contributed by atoms with E-state index < -0.39 is 0 Å². The van der Waals surface area contributed by atoms with Crippen molar-refractivity contribution in [1.29, 1.82) is 0 Å². The zero-order valence-corrected chi connectivity index (χ0v) is 15.6. The summed E-state index contributed by atoms with van der Waals surface area (Å²) in [5.41, 5.74) is 0.605. The van der Waals surface area contributed by atoms with Crippen LogP contribution in [0.25, 0.3) is 10.9 Å². The Bertz CT molecular complexity index is 1000. The molecular weight excluding hydrogens is 405 g/mol. The summed E-state index contributed by atoms with van der Waals surface area (Å²) in [6.07, 6.45) is 0. The zero-order valence-electron chi connectivity index (χ0n) is 12.5. The first kappa shape index (κ1) is 18.1. The van der Waals surface area contributed by atoms with Gasteiger partial charge in [-0.05, 0) is 24.3 Å². The number of hydrogen-bond donors (Lipinski definition) is 2. The second kappa shape index (κ2) is 7.66. The molecule has 25 heavy (non-hydrogen) atoms. The lowest BCUT2D eigenvalue weighted by atomic mass is 10.2. The Morgan fingerprint density at radius 2 is 1.84 bits per heavy atom. The van der Waals surface area contributed by atoms with E-state index in [0.717, 1.165) is 11.8 Å². The van der Waals surface area contributed by atoms with Crippen molar-refractivity contribution in [3.05, 3.63) is 61.8 Å². The summed E-state index contributed by atoms with van der Waals surface area (Å²) in [4.78, 5) is 31.1. The minimum Gasteiger partial charge on any atom is -0.323 e. The lowest BCUT2D eigenvalue weighted by Gasteiger charge is -2.09. The number of aromatic nitrogens is 2. The van der Waals surface area contributed by atoms with E-state index in [0.29, 0.717) is 26.8 Å². The number of hydrogen-bond acceptors (Lipinski definition) is 4. The van der Waals surface area contributed by atoms with Crippen LogP contribution in [-0.2, 0) is 4.79 Å². The van der Waals surface area contributed by atoms with Crippen LogP contribution in [0.3, 0.4) is 0 Å². The highest BCUT2D eigenvalue weighted by atomic mass is 35.5. The Kier molecular flexibility index (Phi) is 5.54. The third kappa shape index (κ3) is 4.27. The molecule has 2 N–H and O–H groups in total. The fourth-order valence-electron chi connectivity index (χ4n) is 2.10.